The van der Waals surface area contributed by atoms with Gasteiger partial charge in [-0.15, -0.1) is 0 Å². The van der Waals surface area contributed by atoms with Gasteiger partial charge in [0.2, 0.25) is 5.95 Å². The Morgan fingerprint density at radius 1 is 1.09 bits per heavy atom. The highest BCUT2D eigenvalue weighted by atomic mass is 35.5. The average molecular weight is 327 g/mol. The molecule has 23 heavy (non-hydrogen) atoms. The molecule has 0 aliphatic carbocycles. The number of rotatable bonds is 3. The standard InChI is InChI=1S/C16H15ClN6/c17-11-4-3-5-12(8-11)21-15-14-13(19-10-20-15)9-18-16(22-14)23-6-1-2-7-23/h3-5,8-10H,1-2,6-7H2,(H,19,20,21). The lowest BCUT2D eigenvalue weighted by molar-refractivity contribution is 0.905. The van der Waals surface area contributed by atoms with Crippen molar-refractivity contribution in [2.45, 2.75) is 12.8 Å². The van der Waals surface area contributed by atoms with Crippen LogP contribution in [0.15, 0.2) is 36.8 Å². The molecule has 1 aromatic carbocycles. The SMILES string of the molecule is Clc1cccc(Nc2ncnc3cnc(N4CCCC4)nc23)c1. The summed E-state index contributed by atoms with van der Waals surface area (Å²) in [4.78, 5) is 19.9. The molecule has 0 spiro atoms. The maximum atomic E-state index is 6.04. The summed E-state index contributed by atoms with van der Waals surface area (Å²) >= 11 is 6.04. The van der Waals surface area contributed by atoms with E-state index in [-0.39, 0.29) is 0 Å². The molecular weight excluding hydrogens is 312 g/mol. The summed E-state index contributed by atoms with van der Waals surface area (Å²) in [6.07, 6.45) is 5.62. The van der Waals surface area contributed by atoms with Crippen molar-refractivity contribution in [3.63, 3.8) is 0 Å². The van der Waals surface area contributed by atoms with E-state index in [1.807, 2.05) is 24.3 Å². The Morgan fingerprint density at radius 3 is 2.78 bits per heavy atom. The van der Waals surface area contributed by atoms with Crippen LogP contribution in [0.3, 0.4) is 0 Å². The van der Waals surface area contributed by atoms with Gasteiger partial charge in [0, 0.05) is 23.8 Å². The predicted molar refractivity (Wildman–Crippen MR) is 91.3 cm³/mol. The zero-order valence-corrected chi connectivity index (χ0v) is 13.2. The first-order chi connectivity index (χ1) is 11.3. The minimum atomic E-state index is 0.653. The van der Waals surface area contributed by atoms with Crippen LogP contribution in [0.2, 0.25) is 5.02 Å². The first kappa shape index (κ1) is 14.1. The Bertz CT molecular complexity index is 847. The van der Waals surface area contributed by atoms with Crippen molar-refractivity contribution in [2.24, 2.45) is 0 Å². The average Bonchev–Trinajstić information content (AvgIpc) is 3.09. The number of fused-ring (bicyclic) bond motifs is 1. The van der Waals surface area contributed by atoms with Gasteiger partial charge in [0.25, 0.3) is 0 Å². The van der Waals surface area contributed by atoms with E-state index in [1.54, 1.807) is 6.20 Å². The van der Waals surface area contributed by atoms with E-state index in [2.05, 4.69) is 30.2 Å². The van der Waals surface area contributed by atoms with E-state index in [1.165, 1.54) is 19.2 Å². The fourth-order valence-electron chi connectivity index (χ4n) is 2.71. The minimum Gasteiger partial charge on any atom is -0.341 e. The molecule has 1 fully saturated rings. The second-order valence-electron chi connectivity index (χ2n) is 5.46. The van der Waals surface area contributed by atoms with Crippen molar-refractivity contribution in [3.8, 4) is 0 Å². The van der Waals surface area contributed by atoms with Crippen LogP contribution >= 0.6 is 11.6 Å². The summed E-state index contributed by atoms with van der Waals surface area (Å²) in [6, 6.07) is 7.50. The first-order valence-electron chi connectivity index (χ1n) is 7.55. The van der Waals surface area contributed by atoms with E-state index in [9.17, 15) is 0 Å². The van der Waals surface area contributed by atoms with Crippen LogP contribution in [0.4, 0.5) is 17.5 Å². The highest BCUT2D eigenvalue weighted by Crippen LogP contribution is 2.25. The Labute approximate surface area is 138 Å². The number of nitrogens with zero attached hydrogens (tertiary/aromatic N) is 5. The van der Waals surface area contributed by atoms with Gasteiger partial charge in [0.15, 0.2) is 5.82 Å². The molecule has 0 saturated carbocycles. The molecule has 1 saturated heterocycles. The van der Waals surface area contributed by atoms with Gasteiger partial charge in [-0.25, -0.2) is 19.9 Å². The third kappa shape index (κ3) is 2.90. The highest BCUT2D eigenvalue weighted by molar-refractivity contribution is 6.30. The lowest BCUT2D eigenvalue weighted by atomic mass is 10.3. The van der Waals surface area contributed by atoms with Gasteiger partial charge in [-0.05, 0) is 31.0 Å². The van der Waals surface area contributed by atoms with Crippen molar-refractivity contribution in [3.05, 3.63) is 41.8 Å². The number of benzene rings is 1. The third-order valence-electron chi connectivity index (χ3n) is 3.84. The fourth-order valence-corrected chi connectivity index (χ4v) is 2.90. The van der Waals surface area contributed by atoms with Gasteiger partial charge < -0.3 is 10.2 Å². The number of anilines is 3. The molecule has 1 N–H and O–H groups in total. The van der Waals surface area contributed by atoms with E-state index >= 15 is 0 Å². The van der Waals surface area contributed by atoms with Crippen molar-refractivity contribution in [1.82, 2.24) is 19.9 Å². The van der Waals surface area contributed by atoms with Crippen molar-refractivity contribution < 1.29 is 0 Å². The van der Waals surface area contributed by atoms with Crippen LogP contribution in [-0.2, 0) is 0 Å². The largest absolute Gasteiger partial charge is 0.341 e. The van der Waals surface area contributed by atoms with Crippen molar-refractivity contribution in [1.29, 1.82) is 0 Å². The molecule has 2 aromatic heterocycles. The summed E-state index contributed by atoms with van der Waals surface area (Å²) in [6.45, 7) is 1.99. The Balaban J connectivity index is 1.74. The molecule has 116 valence electrons. The van der Waals surface area contributed by atoms with Crippen LogP contribution in [0.1, 0.15) is 12.8 Å². The number of nitrogens with one attached hydrogen (secondary N) is 1. The summed E-state index contributed by atoms with van der Waals surface area (Å²) in [5.74, 6) is 1.39. The predicted octanol–water partition coefficient (Wildman–Crippen LogP) is 3.42. The fraction of sp³-hybridized carbons (Fsp3) is 0.250. The lowest BCUT2D eigenvalue weighted by Crippen LogP contribution is -2.20. The molecule has 0 bridgehead atoms. The van der Waals surface area contributed by atoms with Gasteiger partial charge in [-0.2, -0.15) is 0 Å². The minimum absolute atomic E-state index is 0.653. The molecule has 7 heteroatoms. The highest BCUT2D eigenvalue weighted by Gasteiger charge is 2.16. The molecule has 0 unspecified atom stereocenters. The zero-order valence-electron chi connectivity index (χ0n) is 12.4. The number of hydrogen-bond acceptors (Lipinski definition) is 6. The Kier molecular flexibility index (Phi) is 3.67. The molecule has 3 heterocycles. The maximum absolute atomic E-state index is 6.04. The van der Waals surface area contributed by atoms with Crippen LogP contribution in [0, 0.1) is 0 Å². The van der Waals surface area contributed by atoms with E-state index in [0.717, 1.165) is 24.7 Å². The summed E-state index contributed by atoms with van der Waals surface area (Å²) in [5.41, 5.74) is 2.29. The number of hydrogen-bond donors (Lipinski definition) is 1. The summed E-state index contributed by atoms with van der Waals surface area (Å²) < 4.78 is 0. The Morgan fingerprint density at radius 2 is 1.96 bits per heavy atom. The third-order valence-corrected chi connectivity index (χ3v) is 4.08. The molecule has 3 aromatic rings. The Hall–Kier alpha value is -2.47. The molecule has 4 rings (SSSR count). The summed E-state index contributed by atoms with van der Waals surface area (Å²) in [7, 11) is 0. The molecule has 1 aliphatic rings. The zero-order chi connectivity index (χ0) is 15.6. The smallest absolute Gasteiger partial charge is 0.226 e. The normalized spacial score (nSPS) is 14.4. The second kappa shape index (κ2) is 5.96. The topological polar surface area (TPSA) is 66.8 Å². The number of halogens is 1. The van der Waals surface area contributed by atoms with Gasteiger partial charge >= 0.3 is 0 Å². The van der Waals surface area contributed by atoms with E-state index in [4.69, 9.17) is 11.6 Å². The van der Waals surface area contributed by atoms with E-state index < -0.39 is 0 Å². The molecule has 1 aliphatic heterocycles. The van der Waals surface area contributed by atoms with E-state index in [0.29, 0.717) is 21.9 Å². The molecular formula is C16H15ClN6. The van der Waals surface area contributed by atoms with Crippen LogP contribution in [0.5, 0.6) is 0 Å². The van der Waals surface area contributed by atoms with Gasteiger partial charge in [0.1, 0.15) is 17.4 Å². The molecule has 0 atom stereocenters. The van der Waals surface area contributed by atoms with Gasteiger partial charge in [0.05, 0.1) is 6.20 Å². The lowest BCUT2D eigenvalue weighted by Gasteiger charge is -2.15. The summed E-state index contributed by atoms with van der Waals surface area (Å²) in [5, 5.41) is 3.93. The van der Waals surface area contributed by atoms with Crippen LogP contribution in [0.25, 0.3) is 11.0 Å². The van der Waals surface area contributed by atoms with Gasteiger partial charge in [-0.3, -0.25) is 0 Å². The second-order valence-corrected chi connectivity index (χ2v) is 5.89. The molecule has 0 amide bonds. The number of aromatic nitrogens is 4. The van der Waals surface area contributed by atoms with Crippen molar-refractivity contribution >= 4 is 40.1 Å². The quantitative estimate of drug-likeness (QED) is 0.795. The molecule has 0 radical (unpaired) electrons. The van der Waals surface area contributed by atoms with Crippen molar-refractivity contribution in [2.75, 3.05) is 23.3 Å². The van der Waals surface area contributed by atoms with Crippen LogP contribution < -0.4 is 10.2 Å². The monoisotopic (exact) mass is 326 g/mol. The first-order valence-corrected chi connectivity index (χ1v) is 7.93. The van der Waals surface area contributed by atoms with Crippen LogP contribution in [-0.4, -0.2) is 33.0 Å². The maximum Gasteiger partial charge on any atom is 0.226 e. The molecule has 6 nitrogen and oxygen atoms in total. The van der Waals surface area contributed by atoms with Gasteiger partial charge in [-0.1, -0.05) is 17.7 Å².